The molecule has 112 valence electrons. The van der Waals surface area contributed by atoms with Gasteiger partial charge in [-0.05, 0) is 49.6 Å². The lowest BCUT2D eigenvalue weighted by atomic mass is 10.1. The van der Waals surface area contributed by atoms with Gasteiger partial charge >= 0.3 is 0 Å². The average molecular weight is 284 g/mol. The lowest BCUT2D eigenvalue weighted by Gasteiger charge is -2.17. The summed E-state index contributed by atoms with van der Waals surface area (Å²) in [5.41, 5.74) is 3.32. The van der Waals surface area contributed by atoms with Crippen LogP contribution in [0.3, 0.4) is 0 Å². The molecular formula is C18H24N2O. The van der Waals surface area contributed by atoms with Crippen molar-refractivity contribution in [3.63, 3.8) is 0 Å². The fourth-order valence-corrected chi connectivity index (χ4v) is 2.07. The Hall–Kier alpha value is -2.03. The first-order valence-corrected chi connectivity index (χ1v) is 7.47. The number of nitrogens with zero attached hydrogens (tertiary/aromatic N) is 1. The van der Waals surface area contributed by atoms with Gasteiger partial charge in [-0.3, -0.25) is 4.98 Å². The van der Waals surface area contributed by atoms with Gasteiger partial charge in [0.25, 0.3) is 0 Å². The number of pyridine rings is 1. The monoisotopic (exact) mass is 284 g/mol. The Morgan fingerprint density at radius 2 is 1.81 bits per heavy atom. The molecule has 0 bridgehead atoms. The summed E-state index contributed by atoms with van der Waals surface area (Å²) >= 11 is 0. The number of ether oxygens (including phenoxy) is 1. The third-order valence-electron chi connectivity index (χ3n) is 3.34. The molecule has 1 atom stereocenters. The van der Waals surface area contributed by atoms with Gasteiger partial charge in [-0.15, -0.1) is 0 Å². The molecule has 2 rings (SSSR count). The Balaban J connectivity index is 2.00. The fourth-order valence-electron chi connectivity index (χ4n) is 2.07. The van der Waals surface area contributed by atoms with Crippen LogP contribution in [0.4, 0.5) is 5.69 Å². The molecule has 0 aliphatic rings. The van der Waals surface area contributed by atoms with E-state index >= 15 is 0 Å². The summed E-state index contributed by atoms with van der Waals surface area (Å²) in [5.74, 6) is 1.47. The lowest BCUT2D eigenvalue weighted by molar-refractivity contribution is 0.271. The third kappa shape index (κ3) is 4.48. The van der Waals surface area contributed by atoms with Gasteiger partial charge in [0.05, 0.1) is 18.0 Å². The number of hydrogen-bond donors (Lipinski definition) is 1. The number of nitrogens with one attached hydrogen (secondary N) is 1. The summed E-state index contributed by atoms with van der Waals surface area (Å²) in [6.07, 6.45) is 1.81. The van der Waals surface area contributed by atoms with Gasteiger partial charge in [-0.25, -0.2) is 0 Å². The van der Waals surface area contributed by atoms with Crippen LogP contribution in [0.1, 0.15) is 38.1 Å². The van der Waals surface area contributed by atoms with Crippen LogP contribution in [0.5, 0.6) is 5.75 Å². The lowest BCUT2D eigenvalue weighted by Crippen LogP contribution is -2.08. The van der Waals surface area contributed by atoms with Gasteiger partial charge in [0.2, 0.25) is 0 Å². The molecule has 1 aromatic heterocycles. The number of hydrogen-bond acceptors (Lipinski definition) is 3. The van der Waals surface area contributed by atoms with Gasteiger partial charge in [0.15, 0.2) is 0 Å². The maximum atomic E-state index is 5.71. The molecule has 2 aromatic rings. The van der Waals surface area contributed by atoms with Crippen molar-refractivity contribution in [2.75, 3.05) is 11.9 Å². The number of rotatable bonds is 6. The molecule has 0 aliphatic carbocycles. The quantitative estimate of drug-likeness (QED) is 0.842. The van der Waals surface area contributed by atoms with Crippen molar-refractivity contribution in [2.45, 2.75) is 33.7 Å². The molecule has 0 saturated heterocycles. The van der Waals surface area contributed by atoms with E-state index in [9.17, 15) is 0 Å². The zero-order chi connectivity index (χ0) is 15.2. The molecule has 0 aliphatic heterocycles. The Morgan fingerprint density at radius 3 is 2.43 bits per heavy atom. The normalized spacial score (nSPS) is 12.2. The number of aromatic nitrogens is 1. The molecule has 1 N–H and O–H groups in total. The summed E-state index contributed by atoms with van der Waals surface area (Å²) < 4.78 is 5.71. The van der Waals surface area contributed by atoms with Crippen molar-refractivity contribution in [1.82, 2.24) is 4.98 Å². The van der Waals surface area contributed by atoms with E-state index in [0.29, 0.717) is 5.92 Å². The summed E-state index contributed by atoms with van der Waals surface area (Å²) in [6.45, 7) is 9.21. The first-order chi connectivity index (χ1) is 10.1. The van der Waals surface area contributed by atoms with Gasteiger partial charge in [-0.2, -0.15) is 0 Å². The molecular weight excluding hydrogens is 260 g/mol. The highest BCUT2D eigenvalue weighted by molar-refractivity contribution is 5.48. The average Bonchev–Trinajstić information content (AvgIpc) is 2.48. The van der Waals surface area contributed by atoms with Crippen LogP contribution in [0.25, 0.3) is 0 Å². The summed E-state index contributed by atoms with van der Waals surface area (Å²) in [7, 11) is 0. The minimum absolute atomic E-state index is 0.229. The van der Waals surface area contributed by atoms with E-state index in [1.165, 1.54) is 5.56 Å². The Morgan fingerprint density at radius 1 is 1.10 bits per heavy atom. The third-order valence-corrected chi connectivity index (χ3v) is 3.34. The highest BCUT2D eigenvalue weighted by atomic mass is 16.5. The number of anilines is 1. The van der Waals surface area contributed by atoms with Crippen molar-refractivity contribution >= 4 is 5.69 Å². The molecule has 21 heavy (non-hydrogen) atoms. The number of benzene rings is 1. The molecule has 0 saturated carbocycles. The van der Waals surface area contributed by atoms with Crippen LogP contribution in [0.2, 0.25) is 0 Å². The second kappa shape index (κ2) is 7.11. The SMILES string of the molecule is Cc1ncccc1NC(C)c1ccc(OCC(C)C)cc1. The predicted molar refractivity (Wildman–Crippen MR) is 87.8 cm³/mol. The Labute approximate surface area is 127 Å². The molecule has 1 aromatic carbocycles. The van der Waals surface area contributed by atoms with Crippen molar-refractivity contribution in [3.05, 3.63) is 53.9 Å². The van der Waals surface area contributed by atoms with E-state index in [1.807, 2.05) is 31.3 Å². The van der Waals surface area contributed by atoms with Crippen LogP contribution >= 0.6 is 0 Å². The van der Waals surface area contributed by atoms with Crippen LogP contribution in [-0.2, 0) is 0 Å². The zero-order valence-electron chi connectivity index (χ0n) is 13.3. The predicted octanol–water partition coefficient (Wildman–Crippen LogP) is 4.60. The minimum atomic E-state index is 0.229. The second-order valence-electron chi connectivity index (χ2n) is 5.78. The Bertz CT molecular complexity index is 564. The van der Waals surface area contributed by atoms with E-state index in [1.54, 1.807) is 0 Å². The molecule has 3 nitrogen and oxygen atoms in total. The Kier molecular flexibility index (Phi) is 5.20. The molecule has 1 unspecified atom stereocenters. The number of aryl methyl sites for hydroxylation is 1. The van der Waals surface area contributed by atoms with E-state index in [0.717, 1.165) is 23.7 Å². The van der Waals surface area contributed by atoms with Gasteiger partial charge in [-0.1, -0.05) is 26.0 Å². The smallest absolute Gasteiger partial charge is 0.119 e. The maximum Gasteiger partial charge on any atom is 0.119 e. The summed E-state index contributed by atoms with van der Waals surface area (Å²) in [5, 5.41) is 3.49. The minimum Gasteiger partial charge on any atom is -0.493 e. The first-order valence-electron chi connectivity index (χ1n) is 7.47. The highest BCUT2D eigenvalue weighted by Crippen LogP contribution is 2.23. The van der Waals surface area contributed by atoms with Crippen molar-refractivity contribution in [1.29, 1.82) is 0 Å². The zero-order valence-corrected chi connectivity index (χ0v) is 13.3. The second-order valence-corrected chi connectivity index (χ2v) is 5.78. The molecule has 0 spiro atoms. The van der Waals surface area contributed by atoms with Crippen LogP contribution < -0.4 is 10.1 Å². The van der Waals surface area contributed by atoms with Gasteiger partial charge in [0.1, 0.15) is 5.75 Å². The summed E-state index contributed by atoms with van der Waals surface area (Å²) in [6, 6.07) is 12.5. The topological polar surface area (TPSA) is 34.2 Å². The van der Waals surface area contributed by atoms with Crippen molar-refractivity contribution < 1.29 is 4.74 Å². The fraction of sp³-hybridized carbons (Fsp3) is 0.389. The van der Waals surface area contributed by atoms with Crippen molar-refractivity contribution in [3.8, 4) is 5.75 Å². The largest absolute Gasteiger partial charge is 0.493 e. The van der Waals surface area contributed by atoms with Gasteiger partial charge in [0, 0.05) is 12.2 Å². The van der Waals surface area contributed by atoms with Crippen molar-refractivity contribution in [2.24, 2.45) is 5.92 Å². The van der Waals surface area contributed by atoms with E-state index in [-0.39, 0.29) is 6.04 Å². The standard InChI is InChI=1S/C18H24N2O/c1-13(2)12-21-17-9-7-16(8-10-17)14(3)20-18-6-5-11-19-15(18)4/h5-11,13-14,20H,12H2,1-4H3. The van der Waals surface area contributed by atoms with Crippen LogP contribution in [0.15, 0.2) is 42.6 Å². The van der Waals surface area contributed by atoms with E-state index in [4.69, 9.17) is 4.74 Å². The summed E-state index contributed by atoms with van der Waals surface area (Å²) in [4.78, 5) is 4.30. The van der Waals surface area contributed by atoms with Crippen LogP contribution in [-0.4, -0.2) is 11.6 Å². The maximum absolute atomic E-state index is 5.71. The molecule has 3 heteroatoms. The molecule has 0 fully saturated rings. The highest BCUT2D eigenvalue weighted by Gasteiger charge is 2.07. The molecule has 1 heterocycles. The molecule has 0 radical (unpaired) electrons. The van der Waals surface area contributed by atoms with E-state index in [2.05, 4.69) is 49.3 Å². The van der Waals surface area contributed by atoms with E-state index < -0.39 is 0 Å². The van der Waals surface area contributed by atoms with Gasteiger partial charge < -0.3 is 10.1 Å². The van der Waals surface area contributed by atoms with Crippen LogP contribution in [0, 0.1) is 12.8 Å². The molecule has 0 amide bonds. The first kappa shape index (κ1) is 15.4.